The van der Waals surface area contributed by atoms with Crippen molar-refractivity contribution >= 4 is 17.3 Å². The van der Waals surface area contributed by atoms with Crippen molar-refractivity contribution in [2.24, 2.45) is 0 Å². The highest BCUT2D eigenvalue weighted by molar-refractivity contribution is 5.90. The maximum absolute atomic E-state index is 10.8. The van der Waals surface area contributed by atoms with Gasteiger partial charge in [-0.1, -0.05) is 0 Å². The molecule has 0 aliphatic rings. The Hall–Kier alpha value is -1.79. The smallest absolute Gasteiger partial charge is 0.335 e. The summed E-state index contributed by atoms with van der Waals surface area (Å²) in [6, 6.07) is 4.52. The third-order valence-corrected chi connectivity index (χ3v) is 2.51. The highest BCUT2D eigenvalue weighted by Gasteiger charge is 2.10. The van der Waals surface area contributed by atoms with Crippen LogP contribution in [0.3, 0.4) is 0 Å². The first-order chi connectivity index (χ1) is 8.58. The molecule has 0 radical (unpaired) electrons. The summed E-state index contributed by atoms with van der Waals surface area (Å²) in [5.74, 6) is -0.988. The average Bonchev–Trinajstić information content (AvgIpc) is 2.35. The van der Waals surface area contributed by atoms with Gasteiger partial charge in [-0.15, -0.1) is 0 Å². The summed E-state index contributed by atoms with van der Waals surface area (Å²) in [4.78, 5) is 10.8. The monoisotopic (exact) mass is 254 g/mol. The van der Waals surface area contributed by atoms with Crippen molar-refractivity contribution in [3.05, 3.63) is 23.8 Å². The van der Waals surface area contributed by atoms with E-state index < -0.39 is 5.97 Å². The number of anilines is 2. The number of ether oxygens (including phenoxy) is 2. The van der Waals surface area contributed by atoms with Gasteiger partial charge in [0.15, 0.2) is 0 Å². The minimum atomic E-state index is -0.988. The highest BCUT2D eigenvalue weighted by Crippen LogP contribution is 2.20. The highest BCUT2D eigenvalue weighted by atomic mass is 16.5. The first-order valence-corrected chi connectivity index (χ1v) is 5.47. The molecule has 4 N–H and O–H groups in total. The van der Waals surface area contributed by atoms with E-state index >= 15 is 0 Å². The van der Waals surface area contributed by atoms with Crippen molar-refractivity contribution in [1.82, 2.24) is 0 Å². The van der Waals surface area contributed by atoms with Crippen LogP contribution in [0.25, 0.3) is 0 Å². The number of benzene rings is 1. The summed E-state index contributed by atoms with van der Waals surface area (Å²) >= 11 is 0. The molecular weight excluding hydrogens is 236 g/mol. The van der Waals surface area contributed by atoms with Crippen LogP contribution in [0, 0.1) is 0 Å². The van der Waals surface area contributed by atoms with E-state index in [2.05, 4.69) is 5.32 Å². The van der Waals surface area contributed by atoms with Crippen LogP contribution < -0.4 is 11.1 Å². The quantitative estimate of drug-likeness (QED) is 0.629. The molecule has 0 aliphatic carbocycles. The molecule has 0 saturated heterocycles. The molecular formula is C12H18N2O4. The van der Waals surface area contributed by atoms with E-state index in [0.717, 1.165) is 0 Å². The fourth-order valence-corrected chi connectivity index (χ4v) is 1.46. The maximum Gasteiger partial charge on any atom is 0.335 e. The van der Waals surface area contributed by atoms with Crippen LogP contribution in [0.15, 0.2) is 18.2 Å². The maximum atomic E-state index is 10.8. The first kappa shape index (κ1) is 14.3. The molecule has 0 amide bonds. The van der Waals surface area contributed by atoms with E-state index in [4.69, 9.17) is 20.3 Å². The second-order valence-corrected chi connectivity index (χ2v) is 3.80. The Labute approximate surface area is 106 Å². The van der Waals surface area contributed by atoms with Crippen LogP contribution in [0.2, 0.25) is 0 Å². The van der Waals surface area contributed by atoms with Crippen LogP contribution in [0.1, 0.15) is 10.4 Å². The number of hydrogen-bond acceptors (Lipinski definition) is 5. The van der Waals surface area contributed by atoms with Crippen LogP contribution >= 0.6 is 0 Å². The van der Waals surface area contributed by atoms with Crippen LogP contribution in [-0.4, -0.2) is 44.6 Å². The molecule has 1 unspecified atom stereocenters. The molecule has 0 aromatic heterocycles. The lowest BCUT2D eigenvalue weighted by molar-refractivity contribution is 0.0366. The van der Waals surface area contributed by atoms with Crippen molar-refractivity contribution < 1.29 is 19.4 Å². The van der Waals surface area contributed by atoms with Gasteiger partial charge in [0.05, 0.1) is 29.6 Å². The first-order valence-electron chi connectivity index (χ1n) is 5.47. The minimum absolute atomic E-state index is 0.122. The number of carboxylic acids is 1. The zero-order chi connectivity index (χ0) is 13.5. The standard InChI is InChI=1S/C12H18N2O4/c1-17-7-9(18-2)6-14-11-5-8(12(15)16)3-4-10(11)13/h3-5,9,14H,6-7,13H2,1-2H3,(H,15,16). The van der Waals surface area contributed by atoms with E-state index in [1.807, 2.05) is 0 Å². The van der Waals surface area contributed by atoms with Crippen molar-refractivity contribution in [2.75, 3.05) is 38.4 Å². The number of nitrogens with two attached hydrogens (primary N) is 1. The summed E-state index contributed by atoms with van der Waals surface area (Å²) in [7, 11) is 3.17. The average molecular weight is 254 g/mol. The van der Waals surface area contributed by atoms with Crippen molar-refractivity contribution in [1.29, 1.82) is 0 Å². The van der Waals surface area contributed by atoms with E-state index in [9.17, 15) is 4.79 Å². The molecule has 0 aliphatic heterocycles. The number of carbonyl (C=O) groups is 1. The molecule has 1 atom stereocenters. The zero-order valence-corrected chi connectivity index (χ0v) is 10.5. The Morgan fingerprint density at radius 1 is 1.50 bits per heavy atom. The topological polar surface area (TPSA) is 93.8 Å². The molecule has 0 saturated carbocycles. The summed E-state index contributed by atoms with van der Waals surface area (Å²) in [5.41, 5.74) is 7.02. The molecule has 0 heterocycles. The van der Waals surface area contributed by atoms with Gasteiger partial charge in [-0.25, -0.2) is 4.79 Å². The molecule has 0 fully saturated rings. The van der Waals surface area contributed by atoms with Gasteiger partial charge in [-0.2, -0.15) is 0 Å². The summed E-state index contributed by atoms with van der Waals surface area (Å²) < 4.78 is 10.2. The van der Waals surface area contributed by atoms with Gasteiger partial charge in [0.2, 0.25) is 0 Å². The minimum Gasteiger partial charge on any atom is -0.478 e. The molecule has 1 rings (SSSR count). The summed E-state index contributed by atoms with van der Waals surface area (Å²) in [5, 5.41) is 11.9. The van der Waals surface area contributed by atoms with Gasteiger partial charge >= 0.3 is 5.97 Å². The number of methoxy groups -OCH3 is 2. The molecule has 6 nitrogen and oxygen atoms in total. The van der Waals surface area contributed by atoms with Crippen molar-refractivity contribution in [3.8, 4) is 0 Å². The number of rotatable bonds is 7. The Bertz CT molecular complexity index is 409. The lowest BCUT2D eigenvalue weighted by Gasteiger charge is -2.17. The molecule has 0 spiro atoms. The van der Waals surface area contributed by atoms with Crippen LogP contribution in [-0.2, 0) is 9.47 Å². The SMILES string of the molecule is COCC(CNc1cc(C(=O)O)ccc1N)OC. The van der Waals surface area contributed by atoms with Gasteiger partial charge in [-0.3, -0.25) is 0 Å². The second-order valence-electron chi connectivity index (χ2n) is 3.80. The second kappa shape index (κ2) is 6.83. The van der Waals surface area contributed by atoms with Gasteiger partial charge in [0.25, 0.3) is 0 Å². The number of hydrogen-bond donors (Lipinski definition) is 3. The predicted octanol–water partition coefficient (Wildman–Crippen LogP) is 1.04. The Kier molecular flexibility index (Phi) is 5.41. The third-order valence-electron chi connectivity index (χ3n) is 2.51. The molecule has 1 aromatic rings. The van der Waals surface area contributed by atoms with Crippen LogP contribution in [0.4, 0.5) is 11.4 Å². The lowest BCUT2D eigenvalue weighted by Crippen LogP contribution is -2.26. The molecule has 6 heteroatoms. The fourth-order valence-electron chi connectivity index (χ4n) is 1.46. The predicted molar refractivity (Wildman–Crippen MR) is 69.0 cm³/mol. The largest absolute Gasteiger partial charge is 0.478 e. The van der Waals surface area contributed by atoms with Gasteiger partial charge in [0, 0.05) is 20.8 Å². The fraction of sp³-hybridized carbons (Fsp3) is 0.417. The van der Waals surface area contributed by atoms with Gasteiger partial charge in [0.1, 0.15) is 0 Å². The Balaban J connectivity index is 2.71. The number of nitrogen functional groups attached to an aromatic ring is 1. The molecule has 1 aromatic carbocycles. The molecule has 0 bridgehead atoms. The van der Waals surface area contributed by atoms with Gasteiger partial charge in [-0.05, 0) is 18.2 Å². The number of aromatic carboxylic acids is 1. The normalized spacial score (nSPS) is 12.1. The molecule has 18 heavy (non-hydrogen) atoms. The van der Waals surface area contributed by atoms with E-state index in [1.54, 1.807) is 20.3 Å². The lowest BCUT2D eigenvalue weighted by atomic mass is 10.1. The van der Waals surface area contributed by atoms with Gasteiger partial charge < -0.3 is 25.6 Å². The Morgan fingerprint density at radius 3 is 2.78 bits per heavy atom. The zero-order valence-electron chi connectivity index (χ0n) is 10.5. The summed E-state index contributed by atoms with van der Waals surface area (Å²) in [6.45, 7) is 0.930. The van der Waals surface area contributed by atoms with E-state index in [-0.39, 0.29) is 11.7 Å². The molecule has 100 valence electrons. The third kappa shape index (κ3) is 3.90. The van der Waals surface area contributed by atoms with E-state index in [1.165, 1.54) is 12.1 Å². The van der Waals surface area contributed by atoms with E-state index in [0.29, 0.717) is 24.5 Å². The number of carboxylic acid groups (broad SMARTS) is 1. The van der Waals surface area contributed by atoms with Crippen molar-refractivity contribution in [2.45, 2.75) is 6.10 Å². The number of nitrogens with one attached hydrogen (secondary N) is 1. The van der Waals surface area contributed by atoms with Crippen molar-refractivity contribution in [3.63, 3.8) is 0 Å². The summed E-state index contributed by atoms with van der Waals surface area (Å²) in [6.07, 6.45) is -0.122. The van der Waals surface area contributed by atoms with Crippen LogP contribution in [0.5, 0.6) is 0 Å². The Morgan fingerprint density at radius 2 is 2.22 bits per heavy atom.